The molecule has 0 aliphatic rings. The van der Waals surface area contributed by atoms with Crippen LogP contribution in [-0.4, -0.2) is 6.54 Å². The van der Waals surface area contributed by atoms with Crippen molar-refractivity contribution in [1.29, 1.82) is 0 Å². The van der Waals surface area contributed by atoms with E-state index in [0.29, 0.717) is 4.34 Å². The molecule has 1 aromatic carbocycles. The molecular weight excluding hydrogens is 321 g/mol. The lowest BCUT2D eigenvalue weighted by molar-refractivity contribution is 0.629. The van der Waals surface area contributed by atoms with Gasteiger partial charge in [0.05, 0.1) is 14.7 Å². The first-order valence-corrected chi connectivity index (χ1v) is 7.92. The van der Waals surface area contributed by atoms with E-state index in [-0.39, 0.29) is 6.04 Å². The Kier molecular flexibility index (Phi) is 5.15. The van der Waals surface area contributed by atoms with Crippen molar-refractivity contribution in [2.75, 3.05) is 6.54 Å². The van der Waals surface area contributed by atoms with Crippen LogP contribution in [0.5, 0.6) is 0 Å². The molecular formula is C14H14Cl3NS. The molecule has 1 nitrogen and oxygen atoms in total. The smallest absolute Gasteiger partial charge is 0.0995 e. The van der Waals surface area contributed by atoms with Crippen molar-refractivity contribution in [3.05, 3.63) is 54.7 Å². The minimum absolute atomic E-state index is 0.0138. The van der Waals surface area contributed by atoms with Crippen molar-refractivity contribution in [2.45, 2.75) is 19.9 Å². The van der Waals surface area contributed by atoms with Crippen LogP contribution >= 0.6 is 46.1 Å². The van der Waals surface area contributed by atoms with Crippen molar-refractivity contribution in [3.63, 3.8) is 0 Å². The first kappa shape index (κ1) is 15.1. The standard InChI is InChI=1S/C14H14Cl3NS/c1-3-18-13(11-7-12(16)19-14(11)17)10-6-9(15)5-4-8(10)2/h4-7,13,18H,3H2,1-2H3. The van der Waals surface area contributed by atoms with E-state index < -0.39 is 0 Å². The third-order valence-electron chi connectivity index (χ3n) is 2.95. The molecule has 0 spiro atoms. The molecule has 0 amide bonds. The van der Waals surface area contributed by atoms with Crippen LogP contribution in [0.4, 0.5) is 0 Å². The van der Waals surface area contributed by atoms with Crippen molar-refractivity contribution in [3.8, 4) is 0 Å². The number of rotatable bonds is 4. The molecule has 2 rings (SSSR count). The molecule has 1 heterocycles. The highest BCUT2D eigenvalue weighted by atomic mass is 35.5. The minimum atomic E-state index is 0.0138. The second-order valence-electron chi connectivity index (χ2n) is 4.27. The Morgan fingerprint density at radius 1 is 1.16 bits per heavy atom. The van der Waals surface area contributed by atoms with E-state index in [9.17, 15) is 0 Å². The van der Waals surface area contributed by atoms with E-state index in [1.54, 1.807) is 0 Å². The molecule has 102 valence electrons. The summed E-state index contributed by atoms with van der Waals surface area (Å²) in [7, 11) is 0. The fraction of sp³-hybridized carbons (Fsp3) is 0.286. The largest absolute Gasteiger partial charge is 0.306 e. The van der Waals surface area contributed by atoms with E-state index in [4.69, 9.17) is 34.8 Å². The van der Waals surface area contributed by atoms with Gasteiger partial charge in [0, 0.05) is 10.6 Å². The van der Waals surface area contributed by atoms with E-state index in [2.05, 4.69) is 19.2 Å². The highest BCUT2D eigenvalue weighted by molar-refractivity contribution is 7.20. The number of thiophene rings is 1. The lowest BCUT2D eigenvalue weighted by atomic mass is 9.97. The van der Waals surface area contributed by atoms with Crippen LogP contribution in [0.3, 0.4) is 0 Å². The summed E-state index contributed by atoms with van der Waals surface area (Å²) in [5.41, 5.74) is 3.31. The van der Waals surface area contributed by atoms with E-state index in [0.717, 1.165) is 27.0 Å². The lowest BCUT2D eigenvalue weighted by Crippen LogP contribution is -2.22. The zero-order valence-corrected chi connectivity index (χ0v) is 13.7. The van der Waals surface area contributed by atoms with Crippen LogP contribution in [0.2, 0.25) is 13.7 Å². The van der Waals surface area contributed by atoms with Crippen LogP contribution < -0.4 is 5.32 Å². The molecule has 0 saturated carbocycles. The Hall–Kier alpha value is -0.250. The number of nitrogens with one attached hydrogen (secondary N) is 1. The summed E-state index contributed by atoms with van der Waals surface area (Å²) in [6, 6.07) is 7.82. The third-order valence-corrected chi connectivity index (χ3v) is 4.71. The zero-order valence-electron chi connectivity index (χ0n) is 10.6. The van der Waals surface area contributed by atoms with Gasteiger partial charge in [-0.3, -0.25) is 0 Å². The molecule has 1 aromatic heterocycles. The van der Waals surface area contributed by atoms with Gasteiger partial charge >= 0.3 is 0 Å². The predicted molar refractivity (Wildman–Crippen MR) is 86.0 cm³/mol. The van der Waals surface area contributed by atoms with E-state index in [1.807, 2.05) is 24.3 Å². The van der Waals surface area contributed by atoms with Crippen LogP contribution in [0.25, 0.3) is 0 Å². The van der Waals surface area contributed by atoms with Crippen LogP contribution in [0.1, 0.15) is 29.7 Å². The Labute approximate surface area is 132 Å². The molecule has 0 radical (unpaired) electrons. The first-order valence-electron chi connectivity index (χ1n) is 5.97. The molecule has 0 aliphatic heterocycles. The Bertz CT molecular complexity index is 580. The molecule has 0 aliphatic carbocycles. The molecule has 0 fully saturated rings. The minimum Gasteiger partial charge on any atom is -0.306 e. The van der Waals surface area contributed by atoms with Gasteiger partial charge in [0.15, 0.2) is 0 Å². The zero-order chi connectivity index (χ0) is 14.0. The molecule has 1 N–H and O–H groups in total. The fourth-order valence-electron chi connectivity index (χ4n) is 2.06. The maximum absolute atomic E-state index is 6.28. The van der Waals surface area contributed by atoms with Gasteiger partial charge in [0.25, 0.3) is 0 Å². The maximum Gasteiger partial charge on any atom is 0.0995 e. The first-order chi connectivity index (χ1) is 9.02. The second-order valence-corrected chi connectivity index (χ2v) is 6.99. The lowest BCUT2D eigenvalue weighted by Gasteiger charge is -2.20. The average Bonchev–Trinajstić information content (AvgIpc) is 2.69. The fourth-order valence-corrected chi connectivity index (χ4v) is 3.78. The van der Waals surface area contributed by atoms with Crippen molar-refractivity contribution < 1.29 is 0 Å². The number of aryl methyl sites for hydroxylation is 1. The summed E-state index contributed by atoms with van der Waals surface area (Å²) in [5, 5.41) is 4.17. The van der Waals surface area contributed by atoms with Gasteiger partial charge in [-0.1, -0.05) is 47.8 Å². The van der Waals surface area contributed by atoms with Gasteiger partial charge in [-0.15, -0.1) is 11.3 Å². The average molecular weight is 335 g/mol. The van der Waals surface area contributed by atoms with Gasteiger partial charge < -0.3 is 5.32 Å². The van der Waals surface area contributed by atoms with Crippen LogP contribution in [0, 0.1) is 6.92 Å². The monoisotopic (exact) mass is 333 g/mol. The molecule has 1 unspecified atom stereocenters. The quantitative estimate of drug-likeness (QED) is 0.754. The maximum atomic E-state index is 6.28. The molecule has 5 heteroatoms. The van der Waals surface area contributed by atoms with Crippen molar-refractivity contribution in [2.24, 2.45) is 0 Å². The number of benzene rings is 1. The summed E-state index contributed by atoms with van der Waals surface area (Å²) in [5.74, 6) is 0. The second kappa shape index (κ2) is 6.47. The Morgan fingerprint density at radius 2 is 1.89 bits per heavy atom. The van der Waals surface area contributed by atoms with E-state index >= 15 is 0 Å². The molecule has 2 aromatic rings. The predicted octanol–water partition coefficient (Wildman–Crippen LogP) is 5.72. The summed E-state index contributed by atoms with van der Waals surface area (Å²) < 4.78 is 1.41. The molecule has 0 bridgehead atoms. The van der Waals surface area contributed by atoms with Gasteiger partial charge in [-0.2, -0.15) is 0 Å². The van der Waals surface area contributed by atoms with Crippen molar-refractivity contribution in [1.82, 2.24) is 5.32 Å². The molecule has 0 saturated heterocycles. The highest BCUT2D eigenvalue weighted by Gasteiger charge is 2.20. The van der Waals surface area contributed by atoms with Gasteiger partial charge in [-0.05, 0) is 42.8 Å². The van der Waals surface area contributed by atoms with E-state index in [1.165, 1.54) is 16.9 Å². The van der Waals surface area contributed by atoms with Gasteiger partial charge in [0.1, 0.15) is 0 Å². The molecule has 1 atom stereocenters. The normalized spacial score (nSPS) is 12.7. The van der Waals surface area contributed by atoms with Crippen molar-refractivity contribution >= 4 is 46.1 Å². The number of halogens is 3. The summed E-state index contributed by atoms with van der Waals surface area (Å²) in [4.78, 5) is 0. The SMILES string of the molecule is CCNC(c1cc(Cl)ccc1C)c1cc(Cl)sc1Cl. The summed E-state index contributed by atoms with van der Waals surface area (Å²) in [6.45, 7) is 4.97. The van der Waals surface area contributed by atoms with Crippen LogP contribution in [0.15, 0.2) is 24.3 Å². The summed E-state index contributed by atoms with van der Waals surface area (Å²) >= 11 is 19.8. The number of hydrogen-bond donors (Lipinski definition) is 1. The van der Waals surface area contributed by atoms with Crippen LogP contribution in [-0.2, 0) is 0 Å². The Morgan fingerprint density at radius 3 is 2.47 bits per heavy atom. The third kappa shape index (κ3) is 3.45. The summed E-state index contributed by atoms with van der Waals surface area (Å²) in [6.07, 6.45) is 0. The topological polar surface area (TPSA) is 12.0 Å². The number of hydrogen-bond acceptors (Lipinski definition) is 2. The Balaban J connectivity index is 2.51. The highest BCUT2D eigenvalue weighted by Crippen LogP contribution is 2.38. The van der Waals surface area contributed by atoms with Gasteiger partial charge in [0.2, 0.25) is 0 Å². The van der Waals surface area contributed by atoms with Gasteiger partial charge in [-0.25, -0.2) is 0 Å². The molecule has 19 heavy (non-hydrogen) atoms.